The Morgan fingerprint density at radius 1 is 1.44 bits per heavy atom. The van der Waals surface area contributed by atoms with Crippen LogP contribution in [0.4, 0.5) is 4.39 Å². The zero-order valence-electron chi connectivity index (χ0n) is 10.6. The van der Waals surface area contributed by atoms with Crippen molar-refractivity contribution in [3.63, 3.8) is 0 Å². The molecular formula is C14H18FNO2. The Balaban J connectivity index is 1.93. The summed E-state index contributed by atoms with van der Waals surface area (Å²) >= 11 is 0. The number of methoxy groups -OCH3 is 1. The highest BCUT2D eigenvalue weighted by Crippen LogP contribution is 2.19. The molecular weight excluding hydrogens is 233 g/mol. The molecule has 0 aromatic heterocycles. The third-order valence-electron chi connectivity index (χ3n) is 3.36. The number of benzene rings is 1. The van der Waals surface area contributed by atoms with Gasteiger partial charge in [0.1, 0.15) is 5.82 Å². The highest BCUT2D eigenvalue weighted by molar-refractivity contribution is 5.72. The third-order valence-corrected chi connectivity index (χ3v) is 3.36. The van der Waals surface area contributed by atoms with Gasteiger partial charge in [0.2, 0.25) is 0 Å². The first-order valence-corrected chi connectivity index (χ1v) is 6.23. The Bertz CT molecular complexity index is 405. The van der Waals surface area contributed by atoms with Crippen LogP contribution >= 0.6 is 0 Å². The molecule has 1 atom stereocenters. The molecule has 18 heavy (non-hydrogen) atoms. The van der Waals surface area contributed by atoms with Crippen LogP contribution < -0.4 is 0 Å². The quantitative estimate of drug-likeness (QED) is 0.771. The Labute approximate surface area is 107 Å². The number of hydrogen-bond acceptors (Lipinski definition) is 3. The largest absolute Gasteiger partial charge is 0.469 e. The van der Waals surface area contributed by atoms with E-state index in [0.29, 0.717) is 0 Å². The maximum absolute atomic E-state index is 12.8. The van der Waals surface area contributed by atoms with E-state index in [1.54, 1.807) is 12.1 Å². The fourth-order valence-electron chi connectivity index (χ4n) is 2.41. The molecule has 1 aromatic rings. The van der Waals surface area contributed by atoms with Gasteiger partial charge in [0.25, 0.3) is 0 Å². The normalized spacial score (nSPS) is 20.7. The van der Waals surface area contributed by atoms with Crippen LogP contribution in [-0.2, 0) is 16.1 Å². The van der Waals surface area contributed by atoms with E-state index >= 15 is 0 Å². The zero-order chi connectivity index (χ0) is 13.0. The van der Waals surface area contributed by atoms with E-state index in [0.717, 1.165) is 38.0 Å². The summed E-state index contributed by atoms with van der Waals surface area (Å²) in [6, 6.07) is 6.52. The molecule has 1 aliphatic rings. The summed E-state index contributed by atoms with van der Waals surface area (Å²) in [6.45, 7) is 2.46. The number of halogens is 1. The number of nitrogens with zero attached hydrogens (tertiary/aromatic N) is 1. The van der Waals surface area contributed by atoms with Gasteiger partial charge >= 0.3 is 5.97 Å². The molecule has 0 N–H and O–H groups in total. The SMILES string of the molecule is COC(=O)[C@H]1CCCN(Cc2ccc(F)cc2)C1. The van der Waals surface area contributed by atoms with Gasteiger partial charge in [-0.3, -0.25) is 9.69 Å². The van der Waals surface area contributed by atoms with Gasteiger partial charge in [-0.1, -0.05) is 12.1 Å². The minimum Gasteiger partial charge on any atom is -0.469 e. The average Bonchev–Trinajstić information content (AvgIpc) is 2.41. The predicted octanol–water partition coefficient (Wildman–Crippen LogP) is 2.21. The van der Waals surface area contributed by atoms with Crippen molar-refractivity contribution in [1.29, 1.82) is 0 Å². The van der Waals surface area contributed by atoms with E-state index in [-0.39, 0.29) is 17.7 Å². The first-order valence-electron chi connectivity index (χ1n) is 6.23. The van der Waals surface area contributed by atoms with E-state index in [2.05, 4.69) is 4.90 Å². The summed E-state index contributed by atoms with van der Waals surface area (Å²) in [5, 5.41) is 0. The summed E-state index contributed by atoms with van der Waals surface area (Å²) < 4.78 is 17.6. The van der Waals surface area contributed by atoms with E-state index < -0.39 is 0 Å². The average molecular weight is 251 g/mol. The van der Waals surface area contributed by atoms with Gasteiger partial charge in [0.05, 0.1) is 13.0 Å². The third kappa shape index (κ3) is 3.29. The zero-order valence-corrected chi connectivity index (χ0v) is 10.6. The fourth-order valence-corrected chi connectivity index (χ4v) is 2.41. The van der Waals surface area contributed by atoms with E-state index in [1.165, 1.54) is 19.2 Å². The monoisotopic (exact) mass is 251 g/mol. The molecule has 0 saturated carbocycles. The Morgan fingerprint density at radius 3 is 2.83 bits per heavy atom. The summed E-state index contributed by atoms with van der Waals surface area (Å²) in [4.78, 5) is 13.7. The standard InChI is InChI=1S/C14H18FNO2/c1-18-14(17)12-3-2-8-16(10-12)9-11-4-6-13(15)7-5-11/h4-7,12H,2-3,8-10H2,1H3/t12-/m0/s1. The predicted molar refractivity (Wildman–Crippen MR) is 66.4 cm³/mol. The lowest BCUT2D eigenvalue weighted by Crippen LogP contribution is -2.38. The maximum atomic E-state index is 12.8. The minimum absolute atomic E-state index is 0.0239. The topological polar surface area (TPSA) is 29.5 Å². The van der Waals surface area contributed by atoms with Crippen LogP contribution in [0.25, 0.3) is 0 Å². The number of hydrogen-bond donors (Lipinski definition) is 0. The Morgan fingerprint density at radius 2 is 2.17 bits per heavy atom. The first-order chi connectivity index (χ1) is 8.69. The van der Waals surface area contributed by atoms with Crippen molar-refractivity contribution in [3.8, 4) is 0 Å². The van der Waals surface area contributed by atoms with Crippen molar-refractivity contribution in [2.24, 2.45) is 5.92 Å². The highest BCUT2D eigenvalue weighted by Gasteiger charge is 2.26. The molecule has 0 aliphatic carbocycles. The van der Waals surface area contributed by atoms with Crippen molar-refractivity contribution in [2.45, 2.75) is 19.4 Å². The molecule has 0 unspecified atom stereocenters. The number of rotatable bonds is 3. The van der Waals surface area contributed by atoms with Gasteiger partial charge in [-0.15, -0.1) is 0 Å². The van der Waals surface area contributed by atoms with Crippen LogP contribution in [0.5, 0.6) is 0 Å². The Kier molecular flexibility index (Phi) is 4.31. The van der Waals surface area contributed by atoms with Crippen LogP contribution in [0.15, 0.2) is 24.3 Å². The summed E-state index contributed by atoms with van der Waals surface area (Å²) in [6.07, 6.45) is 1.90. The van der Waals surface area contributed by atoms with Gasteiger partial charge in [-0.05, 0) is 37.1 Å². The molecule has 3 nitrogen and oxygen atoms in total. The second-order valence-corrected chi connectivity index (χ2v) is 4.72. The van der Waals surface area contributed by atoms with Crippen LogP contribution in [-0.4, -0.2) is 31.1 Å². The van der Waals surface area contributed by atoms with E-state index in [9.17, 15) is 9.18 Å². The molecule has 0 radical (unpaired) electrons. The molecule has 0 spiro atoms. The van der Waals surface area contributed by atoms with Crippen LogP contribution in [0, 0.1) is 11.7 Å². The molecule has 0 amide bonds. The number of likely N-dealkylation sites (tertiary alicyclic amines) is 1. The molecule has 98 valence electrons. The lowest BCUT2D eigenvalue weighted by atomic mass is 9.98. The minimum atomic E-state index is -0.218. The van der Waals surface area contributed by atoms with Crippen molar-refractivity contribution in [2.75, 3.05) is 20.2 Å². The lowest BCUT2D eigenvalue weighted by Gasteiger charge is -2.31. The summed E-state index contributed by atoms with van der Waals surface area (Å²) in [7, 11) is 1.43. The molecule has 1 fully saturated rings. The van der Waals surface area contributed by atoms with Gasteiger partial charge in [0, 0.05) is 13.1 Å². The first kappa shape index (κ1) is 13.0. The van der Waals surface area contributed by atoms with Gasteiger partial charge in [-0.2, -0.15) is 0 Å². The second kappa shape index (κ2) is 5.96. The van der Waals surface area contributed by atoms with Crippen molar-refractivity contribution >= 4 is 5.97 Å². The summed E-state index contributed by atoms with van der Waals surface area (Å²) in [5.41, 5.74) is 1.07. The van der Waals surface area contributed by atoms with E-state index in [1.807, 2.05) is 0 Å². The molecule has 0 bridgehead atoms. The smallest absolute Gasteiger partial charge is 0.309 e. The second-order valence-electron chi connectivity index (χ2n) is 4.72. The number of piperidine rings is 1. The molecule has 4 heteroatoms. The Hall–Kier alpha value is -1.42. The molecule has 1 saturated heterocycles. The fraction of sp³-hybridized carbons (Fsp3) is 0.500. The van der Waals surface area contributed by atoms with Gasteiger partial charge < -0.3 is 4.74 Å². The molecule has 1 aliphatic heterocycles. The van der Waals surface area contributed by atoms with Crippen LogP contribution in [0.3, 0.4) is 0 Å². The van der Waals surface area contributed by atoms with Crippen molar-refractivity contribution in [3.05, 3.63) is 35.6 Å². The number of esters is 1. The van der Waals surface area contributed by atoms with Crippen LogP contribution in [0.2, 0.25) is 0 Å². The van der Waals surface area contributed by atoms with E-state index in [4.69, 9.17) is 4.74 Å². The summed E-state index contributed by atoms with van der Waals surface area (Å²) in [5.74, 6) is -0.368. The lowest BCUT2D eigenvalue weighted by molar-refractivity contribution is -0.147. The van der Waals surface area contributed by atoms with Crippen molar-refractivity contribution in [1.82, 2.24) is 4.90 Å². The maximum Gasteiger partial charge on any atom is 0.309 e. The van der Waals surface area contributed by atoms with Crippen molar-refractivity contribution < 1.29 is 13.9 Å². The van der Waals surface area contributed by atoms with Crippen LogP contribution in [0.1, 0.15) is 18.4 Å². The van der Waals surface area contributed by atoms with Gasteiger partial charge in [0.15, 0.2) is 0 Å². The number of ether oxygens (including phenoxy) is 1. The molecule has 2 rings (SSSR count). The number of carbonyl (C=O) groups is 1. The highest BCUT2D eigenvalue weighted by atomic mass is 19.1. The number of carbonyl (C=O) groups excluding carboxylic acids is 1. The molecule has 1 aromatic carbocycles. The molecule has 1 heterocycles. The van der Waals surface area contributed by atoms with Gasteiger partial charge in [-0.25, -0.2) is 4.39 Å².